The monoisotopic (exact) mass is 445 g/mol. The third-order valence-electron chi connectivity index (χ3n) is 5.72. The summed E-state index contributed by atoms with van der Waals surface area (Å²) in [5.41, 5.74) is 2.78. The molecule has 0 aliphatic carbocycles. The zero-order valence-electron chi connectivity index (χ0n) is 18.3. The van der Waals surface area contributed by atoms with Crippen LogP contribution in [-0.4, -0.2) is 38.4 Å². The maximum absolute atomic E-state index is 14.7. The van der Waals surface area contributed by atoms with E-state index in [1.165, 1.54) is 12.1 Å². The zero-order valence-corrected chi connectivity index (χ0v) is 18.3. The van der Waals surface area contributed by atoms with Crippen molar-refractivity contribution in [1.29, 1.82) is 0 Å². The Bertz CT molecular complexity index is 1120. The molecule has 1 fully saturated rings. The number of benzene rings is 2. The van der Waals surface area contributed by atoms with E-state index >= 15 is 0 Å². The Morgan fingerprint density at radius 3 is 2.53 bits per heavy atom. The van der Waals surface area contributed by atoms with Crippen LogP contribution >= 0.6 is 0 Å². The lowest BCUT2D eigenvalue weighted by Crippen LogP contribution is -2.36. The number of anilines is 2. The first-order valence-corrected chi connectivity index (χ1v) is 10.5. The highest BCUT2D eigenvalue weighted by molar-refractivity contribution is 5.96. The largest absolute Gasteiger partial charge is 0.495 e. The van der Waals surface area contributed by atoms with Crippen LogP contribution in [0.3, 0.4) is 0 Å². The number of fused-ring (bicyclic) bond motifs is 1. The fourth-order valence-corrected chi connectivity index (χ4v) is 4.09. The van der Waals surface area contributed by atoms with Crippen molar-refractivity contribution in [2.45, 2.75) is 26.3 Å². The number of alkyl halides is 2. The van der Waals surface area contributed by atoms with Crippen LogP contribution in [0.25, 0.3) is 10.9 Å². The first-order valence-electron chi connectivity index (χ1n) is 10.5. The molecule has 4 rings (SSSR count). The highest BCUT2D eigenvalue weighted by Gasteiger charge is 2.21. The highest BCUT2D eigenvalue weighted by Crippen LogP contribution is 2.37. The molecule has 1 saturated heterocycles. The van der Waals surface area contributed by atoms with Crippen LogP contribution in [0.1, 0.15) is 36.2 Å². The van der Waals surface area contributed by atoms with Crippen molar-refractivity contribution in [3.63, 3.8) is 0 Å². The molecule has 32 heavy (non-hydrogen) atoms. The van der Waals surface area contributed by atoms with Crippen LogP contribution in [-0.2, 0) is 4.74 Å². The van der Waals surface area contributed by atoms with E-state index in [9.17, 15) is 13.2 Å². The number of morpholine rings is 1. The van der Waals surface area contributed by atoms with Gasteiger partial charge in [-0.1, -0.05) is 18.2 Å². The van der Waals surface area contributed by atoms with Gasteiger partial charge in [0.05, 0.1) is 43.1 Å². The normalized spacial score (nSPS) is 15.3. The van der Waals surface area contributed by atoms with E-state index in [4.69, 9.17) is 9.47 Å². The summed E-state index contributed by atoms with van der Waals surface area (Å²) >= 11 is 0. The SMILES string of the molecule is COc1cc2nc(C)cc(NC(C)c3cccc(C(F)F)c3F)c2cc1N1CCOCC1. The Labute approximate surface area is 185 Å². The Hall–Kier alpha value is -3.00. The number of hydrogen-bond donors (Lipinski definition) is 1. The Balaban J connectivity index is 1.76. The summed E-state index contributed by atoms with van der Waals surface area (Å²) in [4.78, 5) is 6.82. The van der Waals surface area contributed by atoms with Gasteiger partial charge >= 0.3 is 0 Å². The second-order valence-electron chi connectivity index (χ2n) is 7.87. The van der Waals surface area contributed by atoms with E-state index in [-0.39, 0.29) is 5.56 Å². The van der Waals surface area contributed by atoms with Gasteiger partial charge in [0.2, 0.25) is 0 Å². The third-order valence-corrected chi connectivity index (χ3v) is 5.72. The van der Waals surface area contributed by atoms with Gasteiger partial charge in [0.1, 0.15) is 11.6 Å². The van der Waals surface area contributed by atoms with Gasteiger partial charge in [-0.15, -0.1) is 0 Å². The van der Waals surface area contributed by atoms with E-state index in [2.05, 4.69) is 15.2 Å². The molecule has 0 spiro atoms. The number of ether oxygens (including phenoxy) is 2. The smallest absolute Gasteiger partial charge is 0.266 e. The van der Waals surface area contributed by atoms with Gasteiger partial charge < -0.3 is 19.7 Å². The minimum absolute atomic E-state index is 0.187. The van der Waals surface area contributed by atoms with Gasteiger partial charge in [-0.05, 0) is 26.0 Å². The number of methoxy groups -OCH3 is 1. The van der Waals surface area contributed by atoms with E-state index in [0.29, 0.717) is 19.0 Å². The first-order chi connectivity index (χ1) is 15.4. The molecule has 170 valence electrons. The van der Waals surface area contributed by atoms with Crippen molar-refractivity contribution < 1.29 is 22.6 Å². The molecule has 1 aromatic heterocycles. The second-order valence-corrected chi connectivity index (χ2v) is 7.87. The number of aromatic nitrogens is 1. The number of pyridine rings is 1. The van der Waals surface area contributed by atoms with Crippen molar-refractivity contribution in [3.05, 3.63) is 59.0 Å². The predicted octanol–water partition coefficient (Wildman–Crippen LogP) is 5.64. The molecule has 1 unspecified atom stereocenters. The average Bonchev–Trinajstić information content (AvgIpc) is 2.78. The fourth-order valence-electron chi connectivity index (χ4n) is 4.09. The van der Waals surface area contributed by atoms with E-state index in [0.717, 1.165) is 47.1 Å². The Kier molecular flexibility index (Phi) is 6.41. The molecule has 2 heterocycles. The number of hydrogen-bond acceptors (Lipinski definition) is 5. The minimum atomic E-state index is -2.87. The molecular formula is C24H26F3N3O2. The van der Waals surface area contributed by atoms with Gasteiger partial charge in [-0.2, -0.15) is 0 Å². The lowest BCUT2D eigenvalue weighted by Gasteiger charge is -2.30. The lowest BCUT2D eigenvalue weighted by atomic mass is 10.0. The summed E-state index contributed by atoms with van der Waals surface area (Å²) in [6.45, 7) is 6.37. The molecular weight excluding hydrogens is 419 g/mol. The molecule has 1 aliphatic heterocycles. The van der Waals surface area contributed by atoms with Crippen molar-refractivity contribution in [2.75, 3.05) is 43.6 Å². The average molecular weight is 445 g/mol. The van der Waals surface area contributed by atoms with E-state index in [1.54, 1.807) is 14.0 Å². The van der Waals surface area contributed by atoms with Crippen LogP contribution in [0.4, 0.5) is 24.5 Å². The molecule has 3 aromatic rings. The number of halogens is 3. The molecule has 0 amide bonds. The molecule has 8 heteroatoms. The Morgan fingerprint density at radius 2 is 1.84 bits per heavy atom. The molecule has 0 radical (unpaired) electrons. The van der Waals surface area contributed by atoms with Gasteiger partial charge in [0.25, 0.3) is 6.43 Å². The van der Waals surface area contributed by atoms with Gasteiger partial charge in [-0.25, -0.2) is 13.2 Å². The third kappa shape index (κ3) is 4.32. The number of nitrogens with zero attached hydrogens (tertiary/aromatic N) is 2. The second kappa shape index (κ2) is 9.24. The molecule has 5 nitrogen and oxygen atoms in total. The zero-order chi connectivity index (χ0) is 22.8. The van der Waals surface area contributed by atoms with Gasteiger partial charge in [-0.3, -0.25) is 4.98 Å². The lowest BCUT2D eigenvalue weighted by molar-refractivity contribution is 0.122. The van der Waals surface area contributed by atoms with Crippen LogP contribution in [0, 0.1) is 12.7 Å². The summed E-state index contributed by atoms with van der Waals surface area (Å²) in [7, 11) is 1.63. The van der Waals surface area contributed by atoms with E-state index < -0.39 is 23.8 Å². The van der Waals surface area contributed by atoms with Crippen molar-refractivity contribution in [3.8, 4) is 5.75 Å². The number of nitrogens with one attached hydrogen (secondary N) is 1. The maximum atomic E-state index is 14.7. The number of rotatable bonds is 6. The molecule has 0 saturated carbocycles. The van der Waals surface area contributed by atoms with Gasteiger partial charge in [0.15, 0.2) is 0 Å². The van der Waals surface area contributed by atoms with Crippen molar-refractivity contribution in [1.82, 2.24) is 4.98 Å². The molecule has 1 atom stereocenters. The maximum Gasteiger partial charge on any atom is 0.266 e. The topological polar surface area (TPSA) is 46.6 Å². The van der Waals surface area contributed by atoms with E-state index in [1.807, 2.05) is 25.1 Å². The van der Waals surface area contributed by atoms with Gasteiger partial charge in [0, 0.05) is 41.5 Å². The minimum Gasteiger partial charge on any atom is -0.495 e. The first kappa shape index (κ1) is 22.2. The van der Waals surface area contributed by atoms with Crippen molar-refractivity contribution in [2.24, 2.45) is 0 Å². The van der Waals surface area contributed by atoms with Crippen molar-refractivity contribution >= 4 is 22.3 Å². The van der Waals surface area contributed by atoms with Crippen LogP contribution in [0.2, 0.25) is 0 Å². The quantitative estimate of drug-likeness (QED) is 0.532. The Morgan fingerprint density at radius 1 is 1.12 bits per heavy atom. The summed E-state index contributed by atoms with van der Waals surface area (Å²) in [5, 5.41) is 4.15. The molecule has 1 N–H and O–H groups in total. The summed E-state index contributed by atoms with van der Waals surface area (Å²) in [6, 6.07) is 9.33. The highest BCUT2D eigenvalue weighted by atomic mass is 19.3. The summed E-state index contributed by atoms with van der Waals surface area (Å²) in [5.74, 6) is -0.166. The summed E-state index contributed by atoms with van der Waals surface area (Å²) < 4.78 is 52.1. The predicted molar refractivity (Wildman–Crippen MR) is 119 cm³/mol. The molecule has 1 aliphatic rings. The van der Waals surface area contributed by atoms with Crippen LogP contribution in [0.5, 0.6) is 5.75 Å². The van der Waals surface area contributed by atoms with Crippen LogP contribution in [0.15, 0.2) is 36.4 Å². The van der Waals surface area contributed by atoms with Crippen LogP contribution < -0.4 is 15.0 Å². The summed E-state index contributed by atoms with van der Waals surface area (Å²) in [6.07, 6.45) is -2.87. The molecule has 2 aromatic carbocycles. The molecule has 0 bridgehead atoms. The number of aryl methyl sites for hydroxylation is 1. The standard InChI is InChI=1S/C24H26F3N3O2/c1-14-11-19(29-15(2)16-5-4-6-17(23(16)25)24(26)27)18-12-21(30-7-9-32-10-8-30)22(31-3)13-20(18)28-14/h4-6,11-13,15,24H,7-10H2,1-3H3,(H,28,29). The fraction of sp³-hybridized carbons (Fsp3) is 0.375.